The fourth-order valence-corrected chi connectivity index (χ4v) is 7.24. The van der Waals surface area contributed by atoms with E-state index in [1.807, 2.05) is 28.8 Å². The van der Waals surface area contributed by atoms with Crippen LogP contribution in [-0.2, 0) is 22.7 Å². The molecule has 262 valence electrons. The van der Waals surface area contributed by atoms with Crippen LogP contribution in [0.4, 0.5) is 4.79 Å². The van der Waals surface area contributed by atoms with E-state index < -0.39 is 6.09 Å². The first-order valence-electron chi connectivity index (χ1n) is 17.5. The van der Waals surface area contributed by atoms with Crippen molar-refractivity contribution in [1.82, 2.24) is 19.9 Å². The zero-order valence-electron chi connectivity index (χ0n) is 28.8. The molecule has 10 heteroatoms. The van der Waals surface area contributed by atoms with E-state index >= 15 is 0 Å². The molecule has 0 fully saturated rings. The highest BCUT2D eigenvalue weighted by Crippen LogP contribution is 2.37. The maximum Gasteiger partial charge on any atom is 0.414 e. The molecule has 3 rings (SSSR count). The first kappa shape index (κ1) is 39.6. The Balaban J connectivity index is 1.45. The second kappa shape index (κ2) is 22.8. The molecule has 2 amide bonds. The number of nitrogens with one attached hydrogen (secondary N) is 1. The van der Waals surface area contributed by atoms with Crippen LogP contribution in [0.15, 0.2) is 64.8 Å². The summed E-state index contributed by atoms with van der Waals surface area (Å²) in [7, 11) is 0. The Labute approximate surface area is 301 Å². The first-order chi connectivity index (χ1) is 23.3. The Morgan fingerprint density at radius 1 is 0.896 bits per heavy atom. The van der Waals surface area contributed by atoms with Crippen LogP contribution in [0.1, 0.15) is 134 Å². The molecule has 0 aliphatic rings. The molecule has 0 spiro atoms. The summed E-state index contributed by atoms with van der Waals surface area (Å²) in [5, 5.41) is 4.37. The Morgan fingerprint density at radius 3 is 2.12 bits per heavy atom. The summed E-state index contributed by atoms with van der Waals surface area (Å²) < 4.78 is 7.55. The third kappa shape index (κ3) is 15.2. The number of carbonyl (C=O) groups excluding carboxylic acids is 2. The number of rotatable bonds is 22. The number of benzene rings is 1. The highest BCUT2D eigenvalue weighted by atomic mass is 35.5. The van der Waals surface area contributed by atoms with Crippen LogP contribution in [0.5, 0.6) is 0 Å². The summed E-state index contributed by atoms with van der Waals surface area (Å²) in [5.41, 5.74) is 1.88. The van der Waals surface area contributed by atoms with Crippen molar-refractivity contribution in [2.75, 3.05) is 0 Å². The van der Waals surface area contributed by atoms with E-state index in [9.17, 15) is 9.59 Å². The zero-order valence-corrected chi connectivity index (χ0v) is 31.1. The SMILES string of the molecule is CCCCCCCCC=CCCCCCCCC(=O)NC(=O)OCc1nc(C(C)C)c(Sc2cc(Cl)cc(Cl)c2)n1Cc1ccncc1. The molecular formula is C38H52Cl2N4O3S. The van der Waals surface area contributed by atoms with Gasteiger partial charge in [0.1, 0.15) is 10.9 Å². The molecule has 0 saturated heterocycles. The molecule has 0 aliphatic carbocycles. The second-order valence-corrected chi connectivity index (χ2v) is 14.4. The summed E-state index contributed by atoms with van der Waals surface area (Å²) in [4.78, 5) is 34.9. The normalized spacial score (nSPS) is 11.5. The smallest absolute Gasteiger partial charge is 0.414 e. The number of unbranched alkanes of at least 4 members (excludes halogenated alkanes) is 11. The maximum absolute atomic E-state index is 12.6. The number of halogens is 2. The first-order valence-corrected chi connectivity index (χ1v) is 19.1. The lowest BCUT2D eigenvalue weighted by Crippen LogP contribution is -2.31. The van der Waals surface area contributed by atoms with Crippen molar-refractivity contribution >= 4 is 47.0 Å². The molecule has 0 bridgehead atoms. The standard InChI is InChI=1S/C38H52Cl2N4O3S/c1-4-5-6-7-8-9-10-11-12-13-14-15-16-17-18-19-35(45)43-38(46)47-28-34-42-36(29(2)3)37(44(34)27-30-20-22-41-23-21-30)48-33-25-31(39)24-32(40)26-33/h11-12,20-26,29H,4-10,13-19,27-28H2,1-3H3,(H,43,45,46). The van der Waals surface area contributed by atoms with Crippen molar-refractivity contribution < 1.29 is 14.3 Å². The highest BCUT2D eigenvalue weighted by molar-refractivity contribution is 7.99. The van der Waals surface area contributed by atoms with Crippen molar-refractivity contribution in [1.29, 1.82) is 0 Å². The number of hydrogen-bond acceptors (Lipinski definition) is 6. The van der Waals surface area contributed by atoms with Crippen molar-refractivity contribution in [3.63, 3.8) is 0 Å². The van der Waals surface area contributed by atoms with E-state index in [0.29, 0.717) is 28.8 Å². The van der Waals surface area contributed by atoms with Crippen LogP contribution in [0.2, 0.25) is 10.0 Å². The number of imide groups is 1. The van der Waals surface area contributed by atoms with Gasteiger partial charge in [-0.2, -0.15) is 0 Å². The second-order valence-electron chi connectivity index (χ2n) is 12.5. The van der Waals surface area contributed by atoms with Crippen LogP contribution in [0.3, 0.4) is 0 Å². The minimum atomic E-state index is -0.770. The predicted molar refractivity (Wildman–Crippen MR) is 198 cm³/mol. The van der Waals surface area contributed by atoms with Gasteiger partial charge in [-0.1, -0.05) is 119 Å². The number of nitrogens with zero attached hydrogens (tertiary/aromatic N) is 3. The van der Waals surface area contributed by atoms with Crippen LogP contribution in [0, 0.1) is 0 Å². The molecule has 0 aliphatic heterocycles. The molecule has 7 nitrogen and oxygen atoms in total. The summed E-state index contributed by atoms with van der Waals surface area (Å²) >= 11 is 14.1. The summed E-state index contributed by atoms with van der Waals surface area (Å²) in [5.74, 6) is 0.349. The van der Waals surface area contributed by atoms with Crippen LogP contribution in [-0.4, -0.2) is 26.5 Å². The van der Waals surface area contributed by atoms with Crippen LogP contribution >= 0.6 is 35.0 Å². The predicted octanol–water partition coefficient (Wildman–Crippen LogP) is 11.7. The highest BCUT2D eigenvalue weighted by Gasteiger charge is 2.22. The minimum Gasteiger partial charge on any atom is -0.441 e. The van der Waals surface area contributed by atoms with Gasteiger partial charge in [0.2, 0.25) is 5.91 Å². The van der Waals surface area contributed by atoms with E-state index in [-0.39, 0.29) is 18.4 Å². The maximum atomic E-state index is 12.6. The molecular weight excluding hydrogens is 663 g/mol. The number of imidazole rings is 1. The van der Waals surface area contributed by atoms with E-state index in [4.69, 9.17) is 32.9 Å². The van der Waals surface area contributed by atoms with Gasteiger partial charge in [-0.05, 0) is 73.9 Å². The molecule has 2 aromatic heterocycles. The van der Waals surface area contributed by atoms with Gasteiger partial charge in [-0.25, -0.2) is 9.78 Å². The number of allylic oxidation sites excluding steroid dienone is 2. The van der Waals surface area contributed by atoms with Gasteiger partial charge < -0.3 is 9.30 Å². The number of carbonyl (C=O) groups is 2. The average Bonchev–Trinajstić information content (AvgIpc) is 3.38. The minimum absolute atomic E-state index is 0.0891. The van der Waals surface area contributed by atoms with Crippen molar-refractivity contribution in [3.05, 3.63) is 82.0 Å². The molecule has 0 radical (unpaired) electrons. The summed E-state index contributed by atoms with van der Waals surface area (Å²) in [6, 6.07) is 9.28. The molecule has 1 N–H and O–H groups in total. The van der Waals surface area contributed by atoms with Crippen molar-refractivity contribution in [2.24, 2.45) is 0 Å². The largest absolute Gasteiger partial charge is 0.441 e. The van der Waals surface area contributed by atoms with Gasteiger partial charge in [0, 0.05) is 33.8 Å². The monoisotopic (exact) mass is 714 g/mol. The Bertz CT molecular complexity index is 1410. The number of amides is 2. The number of pyridine rings is 1. The van der Waals surface area contributed by atoms with Crippen molar-refractivity contribution in [3.8, 4) is 0 Å². The zero-order chi connectivity index (χ0) is 34.6. The van der Waals surface area contributed by atoms with Crippen molar-refractivity contribution in [2.45, 2.75) is 140 Å². The van der Waals surface area contributed by atoms with E-state index in [1.165, 1.54) is 63.1 Å². The fourth-order valence-electron chi connectivity index (χ4n) is 5.33. The lowest BCUT2D eigenvalue weighted by atomic mass is 10.1. The van der Waals surface area contributed by atoms with Gasteiger partial charge in [0.25, 0.3) is 0 Å². The Kier molecular flexibility index (Phi) is 18.8. The third-order valence-corrected chi connectivity index (χ3v) is 9.48. The molecule has 0 unspecified atom stereocenters. The Morgan fingerprint density at radius 2 is 1.50 bits per heavy atom. The lowest BCUT2D eigenvalue weighted by molar-refractivity contribution is -0.120. The van der Waals surface area contributed by atoms with E-state index in [2.05, 4.69) is 43.2 Å². The third-order valence-electron chi connectivity index (χ3n) is 7.95. The average molecular weight is 716 g/mol. The van der Waals surface area contributed by atoms with Gasteiger partial charge in [0.15, 0.2) is 6.61 Å². The number of ether oxygens (including phenoxy) is 1. The van der Waals surface area contributed by atoms with E-state index in [0.717, 1.165) is 53.3 Å². The molecule has 3 aromatic rings. The lowest BCUT2D eigenvalue weighted by Gasteiger charge is -2.14. The topological polar surface area (TPSA) is 86.1 Å². The molecule has 0 atom stereocenters. The van der Waals surface area contributed by atoms with Crippen LogP contribution in [0.25, 0.3) is 0 Å². The van der Waals surface area contributed by atoms with Gasteiger partial charge >= 0.3 is 6.09 Å². The number of aromatic nitrogens is 3. The summed E-state index contributed by atoms with van der Waals surface area (Å²) in [6.45, 7) is 6.80. The fraction of sp³-hybridized carbons (Fsp3) is 0.526. The molecule has 1 aromatic carbocycles. The Hall–Kier alpha value is -2.81. The summed E-state index contributed by atoms with van der Waals surface area (Å²) in [6.07, 6.45) is 23.1. The van der Waals surface area contributed by atoms with E-state index in [1.54, 1.807) is 18.5 Å². The number of hydrogen-bond donors (Lipinski definition) is 1. The number of alkyl carbamates (subject to hydrolysis) is 1. The molecule has 48 heavy (non-hydrogen) atoms. The molecule has 2 heterocycles. The van der Waals surface area contributed by atoms with Gasteiger partial charge in [-0.3, -0.25) is 15.1 Å². The van der Waals surface area contributed by atoms with Crippen LogP contribution < -0.4 is 5.32 Å². The molecule has 0 saturated carbocycles. The van der Waals surface area contributed by atoms with Gasteiger partial charge in [-0.15, -0.1) is 0 Å². The van der Waals surface area contributed by atoms with Gasteiger partial charge in [0.05, 0.1) is 12.2 Å². The quantitative estimate of drug-likeness (QED) is 0.0823.